The molecule has 0 atom stereocenters. The molecule has 0 aliphatic rings. The number of hydrogen-bond donors (Lipinski definition) is 1. The fraction of sp³-hybridized carbons (Fsp3) is 0.136. The van der Waals surface area contributed by atoms with E-state index < -0.39 is 28.4 Å². The SMILES string of the molecule is CN(Cc1ccc(OC(F)F)cc1)C(=O)c1cccc(S(=O)(=O)Nc2ccc(F)cc2)c1. The summed E-state index contributed by atoms with van der Waals surface area (Å²) in [6, 6.07) is 16.2. The molecule has 0 fully saturated rings. The Morgan fingerprint density at radius 2 is 1.69 bits per heavy atom. The van der Waals surface area contributed by atoms with Crippen molar-refractivity contribution in [1.29, 1.82) is 0 Å². The van der Waals surface area contributed by atoms with Crippen LogP contribution in [0.25, 0.3) is 0 Å². The molecule has 0 bridgehead atoms. The van der Waals surface area contributed by atoms with E-state index in [0.29, 0.717) is 5.56 Å². The van der Waals surface area contributed by atoms with Crippen LogP contribution in [0, 0.1) is 5.82 Å². The van der Waals surface area contributed by atoms with E-state index in [-0.39, 0.29) is 28.4 Å². The van der Waals surface area contributed by atoms with Gasteiger partial charge in [-0.05, 0) is 60.2 Å². The predicted octanol–water partition coefficient (Wildman–Crippen LogP) is 4.50. The molecule has 6 nitrogen and oxygen atoms in total. The largest absolute Gasteiger partial charge is 0.435 e. The Hall–Kier alpha value is -3.53. The minimum atomic E-state index is -4.00. The number of benzene rings is 3. The van der Waals surface area contributed by atoms with E-state index in [0.717, 1.165) is 12.1 Å². The molecule has 168 valence electrons. The summed E-state index contributed by atoms with van der Waals surface area (Å²) in [5, 5.41) is 0. The summed E-state index contributed by atoms with van der Waals surface area (Å²) in [4.78, 5) is 14.0. The summed E-state index contributed by atoms with van der Waals surface area (Å²) in [6.07, 6.45) is 0. The number of nitrogens with one attached hydrogen (secondary N) is 1. The van der Waals surface area contributed by atoms with Crippen molar-refractivity contribution in [1.82, 2.24) is 4.90 Å². The molecule has 3 aromatic carbocycles. The number of halogens is 3. The number of anilines is 1. The quantitative estimate of drug-likeness (QED) is 0.533. The molecule has 0 saturated carbocycles. The molecule has 10 heteroatoms. The van der Waals surface area contributed by atoms with Crippen molar-refractivity contribution in [3.05, 3.63) is 89.7 Å². The number of hydrogen-bond acceptors (Lipinski definition) is 4. The van der Waals surface area contributed by atoms with Crippen LogP contribution in [0.15, 0.2) is 77.7 Å². The minimum Gasteiger partial charge on any atom is -0.435 e. The Morgan fingerprint density at radius 1 is 1.03 bits per heavy atom. The van der Waals surface area contributed by atoms with E-state index in [2.05, 4.69) is 9.46 Å². The molecule has 0 unspecified atom stereocenters. The first kappa shape index (κ1) is 23.1. The molecule has 0 aromatic heterocycles. The molecule has 0 heterocycles. The molecule has 0 saturated heterocycles. The van der Waals surface area contributed by atoms with Crippen molar-refractivity contribution < 1.29 is 31.1 Å². The van der Waals surface area contributed by atoms with Gasteiger partial charge in [-0.3, -0.25) is 9.52 Å². The fourth-order valence-electron chi connectivity index (χ4n) is 2.87. The van der Waals surface area contributed by atoms with E-state index in [4.69, 9.17) is 0 Å². The smallest absolute Gasteiger partial charge is 0.387 e. The summed E-state index contributed by atoms with van der Waals surface area (Å²) in [6.45, 7) is -2.76. The standard InChI is InChI=1S/C22H19F3N2O4S/c1-27(14-15-5-11-19(12-6-15)31-22(24)25)21(28)16-3-2-4-20(13-16)32(29,30)26-18-9-7-17(23)8-10-18/h2-13,22,26H,14H2,1H3. The van der Waals surface area contributed by atoms with Crippen molar-refractivity contribution in [2.75, 3.05) is 11.8 Å². The van der Waals surface area contributed by atoms with Crippen LogP contribution < -0.4 is 9.46 Å². The van der Waals surface area contributed by atoms with Crippen LogP contribution in [0.1, 0.15) is 15.9 Å². The Labute approximate surface area is 183 Å². The van der Waals surface area contributed by atoms with Gasteiger partial charge in [0.2, 0.25) is 0 Å². The van der Waals surface area contributed by atoms with Crippen molar-refractivity contribution in [3.63, 3.8) is 0 Å². The fourth-order valence-corrected chi connectivity index (χ4v) is 3.97. The van der Waals surface area contributed by atoms with Crippen LogP contribution >= 0.6 is 0 Å². The Balaban J connectivity index is 1.71. The number of nitrogens with zero attached hydrogens (tertiary/aromatic N) is 1. The van der Waals surface area contributed by atoms with Crippen LogP contribution in [0.3, 0.4) is 0 Å². The number of ether oxygens (including phenoxy) is 1. The zero-order valence-electron chi connectivity index (χ0n) is 16.8. The molecular weight excluding hydrogens is 445 g/mol. The Morgan fingerprint density at radius 3 is 2.31 bits per heavy atom. The number of amides is 1. The first-order valence-corrected chi connectivity index (χ1v) is 10.8. The monoisotopic (exact) mass is 464 g/mol. The molecule has 32 heavy (non-hydrogen) atoms. The van der Waals surface area contributed by atoms with Gasteiger partial charge in [-0.25, -0.2) is 12.8 Å². The second-order valence-electron chi connectivity index (χ2n) is 6.82. The molecule has 1 N–H and O–H groups in total. The van der Waals surface area contributed by atoms with Gasteiger partial charge in [-0.1, -0.05) is 18.2 Å². The Kier molecular flexibility index (Phi) is 7.04. The number of rotatable bonds is 8. The summed E-state index contributed by atoms with van der Waals surface area (Å²) in [5.41, 5.74) is 0.996. The van der Waals surface area contributed by atoms with Gasteiger partial charge in [-0.15, -0.1) is 0 Å². The van der Waals surface area contributed by atoms with E-state index in [1.165, 1.54) is 60.5 Å². The van der Waals surface area contributed by atoms with Gasteiger partial charge in [0, 0.05) is 24.8 Å². The second kappa shape index (κ2) is 9.73. The number of sulfonamides is 1. The molecule has 0 radical (unpaired) electrons. The summed E-state index contributed by atoms with van der Waals surface area (Å²) in [7, 11) is -2.47. The molecule has 3 aromatic rings. The Bertz CT molecular complexity index is 1180. The highest BCUT2D eigenvalue weighted by Gasteiger charge is 2.18. The summed E-state index contributed by atoms with van der Waals surface area (Å²) >= 11 is 0. The summed E-state index contributed by atoms with van der Waals surface area (Å²) < 4.78 is 69.4. The number of carbonyl (C=O) groups is 1. The maximum Gasteiger partial charge on any atom is 0.387 e. The van der Waals surface area contributed by atoms with Crippen molar-refractivity contribution >= 4 is 21.6 Å². The molecule has 0 spiro atoms. The van der Waals surface area contributed by atoms with Gasteiger partial charge in [0.1, 0.15) is 11.6 Å². The lowest BCUT2D eigenvalue weighted by Crippen LogP contribution is -2.26. The number of carbonyl (C=O) groups excluding carboxylic acids is 1. The van der Waals surface area contributed by atoms with Crippen LogP contribution in [-0.4, -0.2) is 32.9 Å². The van der Waals surface area contributed by atoms with Crippen LogP contribution in [-0.2, 0) is 16.6 Å². The third kappa shape index (κ3) is 6.01. The summed E-state index contributed by atoms with van der Waals surface area (Å²) in [5.74, 6) is -0.930. The van der Waals surface area contributed by atoms with Crippen LogP contribution in [0.2, 0.25) is 0 Å². The second-order valence-corrected chi connectivity index (χ2v) is 8.51. The lowest BCUT2D eigenvalue weighted by Gasteiger charge is -2.18. The van der Waals surface area contributed by atoms with Gasteiger partial charge >= 0.3 is 6.61 Å². The molecule has 1 amide bonds. The normalized spacial score (nSPS) is 11.3. The average Bonchev–Trinajstić information content (AvgIpc) is 2.76. The lowest BCUT2D eigenvalue weighted by molar-refractivity contribution is -0.0498. The molecule has 0 aliphatic heterocycles. The maximum absolute atomic E-state index is 13.0. The van der Waals surface area contributed by atoms with E-state index in [1.807, 2.05) is 0 Å². The zero-order valence-corrected chi connectivity index (χ0v) is 17.7. The zero-order chi connectivity index (χ0) is 23.3. The van der Waals surface area contributed by atoms with Gasteiger partial charge in [-0.2, -0.15) is 8.78 Å². The van der Waals surface area contributed by atoms with Crippen molar-refractivity contribution in [2.45, 2.75) is 18.1 Å². The third-order valence-corrected chi connectivity index (χ3v) is 5.78. The minimum absolute atomic E-state index is 0.00397. The third-order valence-electron chi connectivity index (χ3n) is 4.40. The predicted molar refractivity (Wildman–Crippen MR) is 113 cm³/mol. The van der Waals surface area contributed by atoms with Crippen LogP contribution in [0.4, 0.5) is 18.9 Å². The van der Waals surface area contributed by atoms with Gasteiger partial charge in [0.25, 0.3) is 15.9 Å². The van der Waals surface area contributed by atoms with Gasteiger partial charge < -0.3 is 9.64 Å². The van der Waals surface area contributed by atoms with Crippen molar-refractivity contribution in [3.8, 4) is 5.75 Å². The average molecular weight is 464 g/mol. The van der Waals surface area contributed by atoms with Gasteiger partial charge in [0.15, 0.2) is 0 Å². The van der Waals surface area contributed by atoms with Gasteiger partial charge in [0.05, 0.1) is 4.90 Å². The highest BCUT2D eigenvalue weighted by molar-refractivity contribution is 7.92. The topological polar surface area (TPSA) is 75.7 Å². The molecular formula is C22H19F3N2O4S. The molecule has 0 aliphatic carbocycles. The van der Waals surface area contributed by atoms with Crippen LogP contribution in [0.5, 0.6) is 5.75 Å². The number of alkyl halides is 2. The van der Waals surface area contributed by atoms with E-state index >= 15 is 0 Å². The van der Waals surface area contributed by atoms with E-state index in [1.54, 1.807) is 12.1 Å². The van der Waals surface area contributed by atoms with E-state index in [9.17, 15) is 26.4 Å². The first-order valence-electron chi connectivity index (χ1n) is 9.32. The molecule has 3 rings (SSSR count). The van der Waals surface area contributed by atoms with Crippen molar-refractivity contribution in [2.24, 2.45) is 0 Å². The first-order chi connectivity index (χ1) is 15.1. The highest BCUT2D eigenvalue weighted by Crippen LogP contribution is 2.20. The highest BCUT2D eigenvalue weighted by atomic mass is 32.2. The lowest BCUT2D eigenvalue weighted by atomic mass is 10.1. The maximum atomic E-state index is 13.0.